The lowest BCUT2D eigenvalue weighted by Crippen LogP contribution is -3.00. The summed E-state index contributed by atoms with van der Waals surface area (Å²) >= 11 is 0. The standard InChI is InChI=1S/C24H42N.ClH/c1-5-7-8-9-10-11-12-13-14-15-16-17-20-23-21-18-19-22-24(23)25(3,4)6-2;/h6,18-19,21-22H,2,5,7-17,20H2,1,3-4H3;1H/q+1;/p-1. The summed E-state index contributed by atoms with van der Waals surface area (Å²) in [7, 11) is 4.40. The van der Waals surface area contributed by atoms with Gasteiger partial charge in [-0.3, -0.25) is 4.48 Å². The molecule has 0 amide bonds. The molecule has 2 heteroatoms. The molecule has 0 aliphatic rings. The van der Waals surface area contributed by atoms with Crippen molar-refractivity contribution < 1.29 is 12.4 Å². The van der Waals surface area contributed by atoms with Crippen molar-refractivity contribution in [2.45, 2.75) is 90.4 Å². The van der Waals surface area contributed by atoms with Crippen molar-refractivity contribution in [3.05, 3.63) is 42.6 Å². The van der Waals surface area contributed by atoms with E-state index in [9.17, 15) is 0 Å². The third kappa shape index (κ3) is 10.4. The van der Waals surface area contributed by atoms with Crippen LogP contribution in [0.5, 0.6) is 0 Å². The molecule has 0 bridgehead atoms. The number of hydrogen-bond acceptors (Lipinski definition) is 0. The number of halogens is 1. The molecule has 0 aliphatic heterocycles. The number of hydrogen-bond donors (Lipinski definition) is 0. The summed E-state index contributed by atoms with van der Waals surface area (Å²) in [6, 6.07) is 8.85. The molecule has 0 saturated carbocycles. The molecule has 0 atom stereocenters. The highest BCUT2D eigenvalue weighted by Crippen LogP contribution is 2.26. The minimum absolute atomic E-state index is 0. The monoisotopic (exact) mass is 379 g/mol. The Bertz CT molecular complexity index is 467. The molecular weight excluding hydrogens is 338 g/mol. The van der Waals surface area contributed by atoms with Crippen LogP contribution in [0.3, 0.4) is 0 Å². The van der Waals surface area contributed by atoms with Gasteiger partial charge in [-0.25, -0.2) is 0 Å². The molecule has 0 saturated heterocycles. The Balaban J connectivity index is 0.00000625. The van der Waals surface area contributed by atoms with Gasteiger partial charge in [0.1, 0.15) is 5.69 Å². The molecule has 0 fully saturated rings. The first-order valence-electron chi connectivity index (χ1n) is 10.7. The maximum absolute atomic E-state index is 3.99. The average Bonchev–Trinajstić information content (AvgIpc) is 2.63. The van der Waals surface area contributed by atoms with Gasteiger partial charge in [0, 0.05) is 5.56 Å². The molecule has 1 aromatic rings. The summed E-state index contributed by atoms with van der Waals surface area (Å²) in [5.41, 5.74) is 2.88. The number of rotatable bonds is 15. The maximum Gasteiger partial charge on any atom is 0.140 e. The van der Waals surface area contributed by atoms with E-state index in [1.54, 1.807) is 0 Å². The molecular formula is C24H42ClN. The minimum atomic E-state index is 0. The van der Waals surface area contributed by atoms with E-state index in [2.05, 4.69) is 51.9 Å². The zero-order chi connectivity index (χ0) is 18.4. The highest BCUT2D eigenvalue weighted by Gasteiger charge is 2.18. The van der Waals surface area contributed by atoms with Gasteiger partial charge in [0.25, 0.3) is 0 Å². The molecule has 1 aromatic carbocycles. The molecule has 150 valence electrons. The number of aryl methyl sites for hydroxylation is 1. The molecule has 0 N–H and O–H groups in total. The van der Waals surface area contributed by atoms with Crippen LogP contribution in [0.4, 0.5) is 5.69 Å². The van der Waals surface area contributed by atoms with E-state index in [1.807, 2.05) is 6.20 Å². The highest BCUT2D eigenvalue weighted by molar-refractivity contribution is 5.51. The van der Waals surface area contributed by atoms with Gasteiger partial charge in [0.15, 0.2) is 0 Å². The quantitative estimate of drug-likeness (QED) is 0.307. The number of para-hydroxylation sites is 1. The Morgan fingerprint density at radius 2 is 1.23 bits per heavy atom. The van der Waals surface area contributed by atoms with Crippen molar-refractivity contribution in [1.29, 1.82) is 0 Å². The van der Waals surface area contributed by atoms with Crippen LogP contribution in [0.1, 0.15) is 89.5 Å². The predicted octanol–water partition coefficient (Wildman–Crippen LogP) is 4.64. The van der Waals surface area contributed by atoms with Crippen molar-refractivity contribution in [3.8, 4) is 0 Å². The molecule has 0 spiro atoms. The van der Waals surface area contributed by atoms with Crippen LogP contribution >= 0.6 is 0 Å². The van der Waals surface area contributed by atoms with Gasteiger partial charge in [0.2, 0.25) is 0 Å². The molecule has 26 heavy (non-hydrogen) atoms. The first kappa shape index (κ1) is 25.2. The highest BCUT2D eigenvalue weighted by atomic mass is 35.5. The fourth-order valence-corrected chi connectivity index (χ4v) is 3.54. The molecule has 0 radical (unpaired) electrons. The van der Waals surface area contributed by atoms with E-state index < -0.39 is 0 Å². The Hall–Kier alpha value is -0.790. The van der Waals surface area contributed by atoms with Crippen molar-refractivity contribution in [3.63, 3.8) is 0 Å². The van der Waals surface area contributed by atoms with Gasteiger partial charge in [-0.05, 0) is 25.5 Å². The zero-order valence-electron chi connectivity index (χ0n) is 17.6. The van der Waals surface area contributed by atoms with Gasteiger partial charge < -0.3 is 12.4 Å². The molecule has 0 unspecified atom stereocenters. The SMILES string of the molecule is C=C[N+](C)(C)c1ccccc1CCCCCCCCCCCCCC.[Cl-]. The first-order valence-corrected chi connectivity index (χ1v) is 10.7. The Kier molecular flexibility index (Phi) is 14.8. The molecule has 1 nitrogen and oxygen atoms in total. The predicted molar refractivity (Wildman–Crippen MR) is 115 cm³/mol. The second-order valence-corrected chi connectivity index (χ2v) is 7.99. The summed E-state index contributed by atoms with van der Waals surface area (Å²) in [6.45, 7) is 6.28. The van der Waals surface area contributed by atoms with Crippen molar-refractivity contribution in [2.75, 3.05) is 14.1 Å². The molecule has 0 heterocycles. The maximum atomic E-state index is 3.99. The van der Waals surface area contributed by atoms with Gasteiger partial charge in [-0.15, -0.1) is 0 Å². The van der Waals surface area contributed by atoms with Crippen LogP contribution in [0.2, 0.25) is 0 Å². The normalized spacial score (nSPS) is 11.2. The van der Waals surface area contributed by atoms with E-state index in [-0.39, 0.29) is 12.4 Å². The fourth-order valence-electron chi connectivity index (χ4n) is 3.54. The fraction of sp³-hybridized carbons (Fsp3) is 0.667. The summed E-state index contributed by atoms with van der Waals surface area (Å²) in [4.78, 5) is 0. The third-order valence-corrected chi connectivity index (χ3v) is 5.37. The molecule has 0 aliphatic carbocycles. The largest absolute Gasteiger partial charge is 1.00 e. The Morgan fingerprint density at radius 1 is 0.769 bits per heavy atom. The second kappa shape index (κ2) is 15.3. The van der Waals surface area contributed by atoms with Gasteiger partial charge in [-0.2, -0.15) is 0 Å². The smallest absolute Gasteiger partial charge is 0.140 e. The Labute approximate surface area is 169 Å². The topological polar surface area (TPSA) is 0 Å². The van der Waals surface area contributed by atoms with Crippen LogP contribution in [0.15, 0.2) is 37.0 Å². The summed E-state index contributed by atoms with van der Waals surface area (Å²) in [5, 5.41) is 0. The average molecular weight is 380 g/mol. The first-order chi connectivity index (χ1) is 12.1. The number of nitrogens with zero attached hydrogens (tertiary/aromatic N) is 1. The van der Waals surface area contributed by atoms with Crippen LogP contribution in [-0.4, -0.2) is 14.1 Å². The van der Waals surface area contributed by atoms with Gasteiger partial charge >= 0.3 is 0 Å². The van der Waals surface area contributed by atoms with Gasteiger partial charge in [-0.1, -0.05) is 95.8 Å². The van der Waals surface area contributed by atoms with Crippen LogP contribution < -0.4 is 16.9 Å². The van der Waals surface area contributed by atoms with E-state index in [1.165, 1.54) is 94.7 Å². The molecule has 1 rings (SSSR count). The lowest BCUT2D eigenvalue weighted by molar-refractivity contribution is -0.00000554. The van der Waals surface area contributed by atoms with Crippen LogP contribution in [-0.2, 0) is 6.42 Å². The van der Waals surface area contributed by atoms with E-state index in [0.717, 1.165) is 4.48 Å². The van der Waals surface area contributed by atoms with E-state index in [4.69, 9.17) is 0 Å². The van der Waals surface area contributed by atoms with Crippen LogP contribution in [0.25, 0.3) is 0 Å². The Morgan fingerprint density at radius 3 is 1.73 bits per heavy atom. The van der Waals surface area contributed by atoms with Gasteiger partial charge in [0.05, 0.1) is 20.3 Å². The van der Waals surface area contributed by atoms with Crippen molar-refractivity contribution >= 4 is 5.69 Å². The number of quaternary nitrogens is 1. The minimum Gasteiger partial charge on any atom is -1.00 e. The lowest BCUT2D eigenvalue weighted by atomic mass is 10.0. The number of benzene rings is 1. The summed E-state index contributed by atoms with van der Waals surface area (Å²) in [5.74, 6) is 0. The van der Waals surface area contributed by atoms with Crippen molar-refractivity contribution in [1.82, 2.24) is 4.48 Å². The summed E-state index contributed by atoms with van der Waals surface area (Å²) < 4.78 is 0.758. The second-order valence-electron chi connectivity index (χ2n) is 7.99. The number of unbranched alkanes of at least 4 members (excludes halogenated alkanes) is 11. The van der Waals surface area contributed by atoms with Crippen LogP contribution in [0, 0.1) is 0 Å². The van der Waals surface area contributed by atoms with E-state index >= 15 is 0 Å². The molecule has 0 aromatic heterocycles. The third-order valence-electron chi connectivity index (χ3n) is 5.37. The van der Waals surface area contributed by atoms with E-state index in [0.29, 0.717) is 0 Å². The lowest BCUT2D eigenvalue weighted by Gasteiger charge is -2.26. The summed E-state index contributed by atoms with van der Waals surface area (Å²) in [6.07, 6.45) is 20.2. The zero-order valence-corrected chi connectivity index (χ0v) is 18.4. The van der Waals surface area contributed by atoms with Crippen molar-refractivity contribution in [2.24, 2.45) is 0 Å².